The van der Waals surface area contributed by atoms with Gasteiger partial charge in [-0.15, -0.1) is 0 Å². The topological polar surface area (TPSA) is 94.1 Å². The fourth-order valence-corrected chi connectivity index (χ4v) is 5.34. The first-order chi connectivity index (χ1) is 21.2. The van der Waals surface area contributed by atoms with Gasteiger partial charge in [0.2, 0.25) is 5.91 Å². The van der Waals surface area contributed by atoms with Crippen molar-refractivity contribution in [1.82, 2.24) is 4.90 Å². The number of nitrogens with one attached hydrogen (secondary N) is 2. The molecule has 8 nitrogen and oxygen atoms in total. The van der Waals surface area contributed by atoms with Gasteiger partial charge in [-0.05, 0) is 67.2 Å². The van der Waals surface area contributed by atoms with Crippen LogP contribution in [-0.2, 0) is 4.79 Å². The molecule has 1 saturated heterocycles. The van der Waals surface area contributed by atoms with E-state index in [-0.39, 0.29) is 28.5 Å². The molecule has 2 N–H and O–H groups in total. The van der Waals surface area contributed by atoms with Crippen LogP contribution in [0.15, 0.2) is 89.9 Å². The molecule has 0 radical (unpaired) electrons. The molecule has 2 aliphatic rings. The quantitative estimate of drug-likeness (QED) is 0.214. The van der Waals surface area contributed by atoms with Crippen LogP contribution in [0.4, 0.5) is 31.5 Å². The smallest absolute Gasteiger partial charge is 0.255 e. The lowest BCUT2D eigenvalue weighted by molar-refractivity contribution is -0.115. The van der Waals surface area contributed by atoms with E-state index in [9.17, 15) is 23.2 Å². The van der Waals surface area contributed by atoms with Crippen molar-refractivity contribution in [3.05, 3.63) is 119 Å². The van der Waals surface area contributed by atoms with Crippen LogP contribution in [-0.4, -0.2) is 61.9 Å². The minimum absolute atomic E-state index is 0.186. The molecular weight excluding hydrogens is 564 g/mol. The third kappa shape index (κ3) is 6.25. The highest BCUT2D eigenvalue weighted by Crippen LogP contribution is 2.33. The summed E-state index contributed by atoms with van der Waals surface area (Å²) in [5.41, 5.74) is 3.86. The molecule has 10 heteroatoms. The van der Waals surface area contributed by atoms with Gasteiger partial charge in [0.25, 0.3) is 5.91 Å². The van der Waals surface area contributed by atoms with Crippen molar-refractivity contribution >= 4 is 46.6 Å². The largest absolute Gasteiger partial charge is 0.369 e. The molecule has 4 aromatic rings. The number of hydrogen-bond donors (Lipinski definition) is 2. The Bertz CT molecular complexity index is 1760. The fraction of sp³-hybridized carbons (Fsp3) is 0.176. The van der Waals surface area contributed by atoms with Gasteiger partial charge in [-0.3, -0.25) is 19.4 Å². The van der Waals surface area contributed by atoms with Gasteiger partial charge in [0.05, 0.1) is 5.69 Å². The number of nitrogens with zero attached hydrogens (tertiary/aromatic N) is 3. The molecule has 6 rings (SSSR count). The standard InChI is InChI=1S/C34H29F2N5O3/c1-40-11-13-41(14-12-40)28-8-6-26(7-9-28)37-20-30-29-10-5-22(18-31(29)39-34(30)44)32(42)21-3-2-4-27(17-21)38-33(43)23-15-24(35)19-25(36)16-23/h2-10,15-20,30H,11-14H2,1H3,(H,38,43)(H,39,44). The molecule has 0 spiro atoms. The maximum absolute atomic E-state index is 13.5. The summed E-state index contributed by atoms with van der Waals surface area (Å²) in [6.45, 7) is 4.00. The number of aliphatic imine (C=N–C) groups is 1. The third-order valence-corrected chi connectivity index (χ3v) is 7.79. The third-order valence-electron chi connectivity index (χ3n) is 7.79. The molecule has 0 saturated carbocycles. The van der Waals surface area contributed by atoms with Gasteiger partial charge in [0, 0.05) is 72.2 Å². The summed E-state index contributed by atoms with van der Waals surface area (Å²) < 4.78 is 27.1. The number of rotatable bonds is 7. The van der Waals surface area contributed by atoms with Gasteiger partial charge in [0.15, 0.2) is 5.78 Å². The number of anilines is 3. The van der Waals surface area contributed by atoms with Crippen molar-refractivity contribution in [2.45, 2.75) is 5.92 Å². The molecule has 44 heavy (non-hydrogen) atoms. The lowest BCUT2D eigenvalue weighted by Gasteiger charge is -2.34. The molecule has 2 amide bonds. The van der Waals surface area contributed by atoms with Crippen LogP contribution in [0.5, 0.6) is 0 Å². The summed E-state index contributed by atoms with van der Waals surface area (Å²) in [5.74, 6) is -3.61. The molecule has 1 fully saturated rings. The first-order valence-electron chi connectivity index (χ1n) is 14.2. The Balaban J connectivity index is 1.14. The number of piperazine rings is 1. The highest BCUT2D eigenvalue weighted by molar-refractivity contribution is 6.15. The summed E-state index contributed by atoms with van der Waals surface area (Å²) >= 11 is 0. The Morgan fingerprint density at radius 3 is 2.30 bits per heavy atom. The average molecular weight is 594 g/mol. The van der Waals surface area contributed by atoms with Gasteiger partial charge >= 0.3 is 0 Å². The van der Waals surface area contributed by atoms with Gasteiger partial charge < -0.3 is 20.4 Å². The van der Waals surface area contributed by atoms with Gasteiger partial charge in [-0.25, -0.2) is 8.78 Å². The van der Waals surface area contributed by atoms with E-state index in [0.29, 0.717) is 22.9 Å². The van der Waals surface area contributed by atoms with E-state index < -0.39 is 23.5 Å². The molecule has 0 aliphatic carbocycles. The maximum Gasteiger partial charge on any atom is 0.255 e. The number of ketones is 1. The van der Waals surface area contributed by atoms with E-state index >= 15 is 0 Å². The summed E-state index contributed by atoms with van der Waals surface area (Å²) in [4.78, 5) is 47.8. The molecule has 1 atom stereocenters. The van der Waals surface area contributed by atoms with Crippen LogP contribution in [0.25, 0.3) is 0 Å². The highest BCUT2D eigenvalue weighted by atomic mass is 19.1. The van der Waals surface area contributed by atoms with Crippen molar-refractivity contribution < 1.29 is 23.2 Å². The van der Waals surface area contributed by atoms with Crippen molar-refractivity contribution in [2.75, 3.05) is 48.8 Å². The van der Waals surface area contributed by atoms with Crippen molar-refractivity contribution in [2.24, 2.45) is 4.99 Å². The van der Waals surface area contributed by atoms with Gasteiger partial charge in [-0.1, -0.05) is 24.3 Å². The van der Waals surface area contributed by atoms with Crippen molar-refractivity contribution in [3.8, 4) is 0 Å². The van der Waals surface area contributed by atoms with Crippen LogP contribution in [0.3, 0.4) is 0 Å². The van der Waals surface area contributed by atoms with E-state index in [1.807, 2.05) is 24.3 Å². The first kappa shape index (κ1) is 28.9. The number of carbonyl (C=O) groups is 3. The number of hydrogen-bond acceptors (Lipinski definition) is 6. The number of halogens is 2. The average Bonchev–Trinajstić information content (AvgIpc) is 3.33. The molecule has 1 unspecified atom stereocenters. The highest BCUT2D eigenvalue weighted by Gasteiger charge is 2.30. The van der Waals surface area contributed by atoms with Gasteiger partial charge in [-0.2, -0.15) is 0 Å². The van der Waals surface area contributed by atoms with Crippen molar-refractivity contribution in [3.63, 3.8) is 0 Å². The Labute approximate surface area is 253 Å². The molecule has 222 valence electrons. The van der Waals surface area contributed by atoms with E-state index in [1.54, 1.807) is 42.6 Å². The molecule has 0 aromatic heterocycles. The predicted octanol–water partition coefficient (Wildman–Crippen LogP) is 5.64. The minimum Gasteiger partial charge on any atom is -0.369 e. The van der Waals surface area contributed by atoms with Crippen LogP contribution in [0, 0.1) is 11.6 Å². The number of likely N-dealkylation sites (N-methyl/N-ethyl adjacent to an activating group) is 1. The lowest BCUT2D eigenvalue weighted by atomic mass is 9.97. The predicted molar refractivity (Wildman–Crippen MR) is 166 cm³/mol. The van der Waals surface area contributed by atoms with Crippen LogP contribution < -0.4 is 15.5 Å². The second kappa shape index (κ2) is 12.2. The fourth-order valence-electron chi connectivity index (χ4n) is 5.34. The van der Waals surface area contributed by atoms with Crippen LogP contribution in [0.2, 0.25) is 0 Å². The van der Waals surface area contributed by atoms with Crippen LogP contribution in [0.1, 0.15) is 37.8 Å². The molecular formula is C34H29F2N5O3. The van der Waals surface area contributed by atoms with Gasteiger partial charge in [0.1, 0.15) is 17.6 Å². The van der Waals surface area contributed by atoms with E-state index in [0.717, 1.165) is 49.7 Å². The zero-order chi connectivity index (χ0) is 30.8. The SMILES string of the molecule is CN1CCN(c2ccc(N=CC3C(=O)Nc4cc(C(=O)c5cccc(NC(=O)c6cc(F)cc(F)c6)c5)ccc43)cc2)CC1. The van der Waals surface area contributed by atoms with E-state index in [2.05, 4.69) is 32.5 Å². The summed E-state index contributed by atoms with van der Waals surface area (Å²) in [5, 5.41) is 5.40. The minimum atomic E-state index is -0.869. The molecule has 2 aliphatic heterocycles. The van der Waals surface area contributed by atoms with Crippen molar-refractivity contribution in [1.29, 1.82) is 0 Å². The number of amides is 2. The lowest BCUT2D eigenvalue weighted by Crippen LogP contribution is -2.44. The second-order valence-electron chi connectivity index (χ2n) is 10.9. The Morgan fingerprint density at radius 1 is 0.864 bits per heavy atom. The molecule has 0 bridgehead atoms. The monoisotopic (exact) mass is 593 g/mol. The summed E-state index contributed by atoms with van der Waals surface area (Å²) in [7, 11) is 2.12. The summed E-state index contributed by atoms with van der Waals surface area (Å²) in [6, 6.07) is 21.7. The Morgan fingerprint density at radius 2 is 1.57 bits per heavy atom. The number of benzene rings is 4. The molecule has 4 aromatic carbocycles. The zero-order valence-electron chi connectivity index (χ0n) is 23.9. The van der Waals surface area contributed by atoms with Crippen LogP contribution >= 0.6 is 0 Å². The first-order valence-corrected chi connectivity index (χ1v) is 14.2. The number of fused-ring (bicyclic) bond motifs is 1. The zero-order valence-corrected chi connectivity index (χ0v) is 23.9. The normalized spacial score (nSPS) is 16.6. The summed E-state index contributed by atoms with van der Waals surface area (Å²) in [6.07, 6.45) is 1.62. The second-order valence-corrected chi connectivity index (χ2v) is 10.9. The Kier molecular flexibility index (Phi) is 7.99. The van der Waals surface area contributed by atoms with E-state index in [1.165, 1.54) is 6.07 Å². The maximum atomic E-state index is 13.5. The van der Waals surface area contributed by atoms with E-state index in [4.69, 9.17) is 0 Å². The Hall–Kier alpha value is -5.22. The molecule has 2 heterocycles. The number of carbonyl (C=O) groups excluding carboxylic acids is 3.